The van der Waals surface area contributed by atoms with Crippen molar-refractivity contribution < 1.29 is 15.0 Å². The Morgan fingerprint density at radius 1 is 1.06 bits per heavy atom. The topological polar surface area (TPSA) is 89.8 Å². The molecule has 4 aromatic rings. The van der Waals surface area contributed by atoms with Crippen molar-refractivity contribution in [3.8, 4) is 17.1 Å². The molecule has 1 fully saturated rings. The summed E-state index contributed by atoms with van der Waals surface area (Å²) < 4.78 is 0. The maximum atomic E-state index is 12.0. The van der Waals surface area contributed by atoms with E-state index in [1.807, 2.05) is 61.5 Å². The van der Waals surface area contributed by atoms with E-state index in [2.05, 4.69) is 11.0 Å². The van der Waals surface area contributed by atoms with E-state index < -0.39 is 6.09 Å². The first-order chi connectivity index (χ1) is 17.0. The molecule has 0 unspecified atom stereocenters. The zero-order valence-electron chi connectivity index (χ0n) is 19.6. The number of phenolic OH excluding ortho intramolecular Hbond substituents is 1. The van der Waals surface area contributed by atoms with Gasteiger partial charge in [0.25, 0.3) is 0 Å². The number of aromatic hydroxyl groups is 1. The van der Waals surface area contributed by atoms with Gasteiger partial charge < -0.3 is 20.0 Å². The number of para-hydroxylation sites is 1. The molecule has 1 saturated heterocycles. The van der Waals surface area contributed by atoms with Crippen LogP contribution >= 0.6 is 0 Å². The molecule has 7 nitrogen and oxygen atoms in total. The molecule has 1 aliphatic heterocycles. The van der Waals surface area contributed by atoms with Gasteiger partial charge in [-0.3, -0.25) is 0 Å². The number of aryl methyl sites for hydroxylation is 1. The van der Waals surface area contributed by atoms with Gasteiger partial charge in [0, 0.05) is 31.6 Å². The Morgan fingerprint density at radius 2 is 1.83 bits per heavy atom. The summed E-state index contributed by atoms with van der Waals surface area (Å²) in [6.45, 7) is 4.36. The standard InChI is InChI=1S/C28H28N4O3/c1-19-11-12-22-24(15-19)29-26(23-9-5-6-10-25(23)33)30-27(22)31-14-13-21(17-31)18-32(28(34)35)16-20-7-3-2-4-8-20/h2-12,15,21,33H,13-14,16-18H2,1H3,(H,34,35)/t21-/m1/s1. The molecule has 2 N–H and O–H groups in total. The predicted molar refractivity (Wildman–Crippen MR) is 137 cm³/mol. The van der Waals surface area contributed by atoms with Crippen LogP contribution in [-0.4, -0.2) is 50.8 Å². The molecule has 5 rings (SSSR count). The number of carboxylic acid groups (broad SMARTS) is 1. The monoisotopic (exact) mass is 468 g/mol. The lowest BCUT2D eigenvalue weighted by atomic mass is 10.1. The molecule has 1 amide bonds. The van der Waals surface area contributed by atoms with E-state index in [-0.39, 0.29) is 11.7 Å². The highest BCUT2D eigenvalue weighted by molar-refractivity contribution is 5.92. The molecular weight excluding hydrogens is 440 g/mol. The smallest absolute Gasteiger partial charge is 0.407 e. The molecule has 1 aliphatic rings. The first-order valence-electron chi connectivity index (χ1n) is 11.8. The number of rotatable bonds is 6. The van der Waals surface area contributed by atoms with Gasteiger partial charge in [0.1, 0.15) is 11.6 Å². The van der Waals surface area contributed by atoms with Crippen LogP contribution in [0.2, 0.25) is 0 Å². The van der Waals surface area contributed by atoms with Gasteiger partial charge in [0.2, 0.25) is 0 Å². The summed E-state index contributed by atoms with van der Waals surface area (Å²) in [4.78, 5) is 25.3. The van der Waals surface area contributed by atoms with E-state index in [1.165, 1.54) is 4.90 Å². The third-order valence-corrected chi connectivity index (χ3v) is 6.53. The van der Waals surface area contributed by atoms with Gasteiger partial charge >= 0.3 is 6.09 Å². The van der Waals surface area contributed by atoms with E-state index >= 15 is 0 Å². The molecule has 178 valence electrons. The summed E-state index contributed by atoms with van der Waals surface area (Å²) >= 11 is 0. The minimum atomic E-state index is -0.905. The molecule has 0 aliphatic carbocycles. The van der Waals surface area contributed by atoms with E-state index in [0.717, 1.165) is 40.8 Å². The minimum Gasteiger partial charge on any atom is -0.507 e. The van der Waals surface area contributed by atoms with Crippen LogP contribution in [0.25, 0.3) is 22.3 Å². The van der Waals surface area contributed by atoms with Gasteiger partial charge in [0.05, 0.1) is 11.1 Å². The van der Waals surface area contributed by atoms with Crippen LogP contribution in [-0.2, 0) is 6.54 Å². The molecule has 0 spiro atoms. The van der Waals surface area contributed by atoms with E-state index in [0.29, 0.717) is 31.0 Å². The third-order valence-electron chi connectivity index (χ3n) is 6.53. The Morgan fingerprint density at radius 3 is 2.60 bits per heavy atom. The average molecular weight is 469 g/mol. The number of amides is 1. The van der Waals surface area contributed by atoms with Gasteiger partial charge in [-0.1, -0.05) is 48.5 Å². The molecule has 7 heteroatoms. The van der Waals surface area contributed by atoms with Crippen LogP contribution in [0.15, 0.2) is 72.8 Å². The molecule has 2 heterocycles. The largest absolute Gasteiger partial charge is 0.507 e. The first kappa shape index (κ1) is 22.7. The summed E-state index contributed by atoms with van der Waals surface area (Å²) in [7, 11) is 0. The molecule has 1 atom stereocenters. The molecular formula is C28H28N4O3. The Balaban J connectivity index is 1.42. The van der Waals surface area contributed by atoms with Crippen molar-refractivity contribution in [1.82, 2.24) is 14.9 Å². The fourth-order valence-electron chi connectivity index (χ4n) is 4.75. The molecule has 35 heavy (non-hydrogen) atoms. The normalized spacial score (nSPS) is 15.5. The van der Waals surface area contributed by atoms with Gasteiger partial charge in [-0.05, 0) is 54.7 Å². The Bertz CT molecular complexity index is 1360. The zero-order valence-corrected chi connectivity index (χ0v) is 19.6. The van der Waals surface area contributed by atoms with Gasteiger partial charge in [-0.15, -0.1) is 0 Å². The van der Waals surface area contributed by atoms with Crippen LogP contribution in [0, 0.1) is 12.8 Å². The first-order valence-corrected chi connectivity index (χ1v) is 11.8. The van der Waals surface area contributed by atoms with E-state index in [9.17, 15) is 15.0 Å². The third kappa shape index (κ3) is 4.89. The number of nitrogens with zero attached hydrogens (tertiary/aromatic N) is 4. The van der Waals surface area contributed by atoms with Crippen molar-refractivity contribution in [2.24, 2.45) is 5.92 Å². The lowest BCUT2D eigenvalue weighted by Crippen LogP contribution is -2.35. The Hall–Kier alpha value is -4.13. The lowest BCUT2D eigenvalue weighted by molar-refractivity contribution is 0.135. The predicted octanol–water partition coefficient (Wildman–Crippen LogP) is 5.32. The van der Waals surface area contributed by atoms with Gasteiger partial charge in [-0.25, -0.2) is 14.8 Å². The van der Waals surface area contributed by atoms with Crippen LogP contribution in [0.3, 0.4) is 0 Å². The lowest BCUT2D eigenvalue weighted by Gasteiger charge is -2.24. The minimum absolute atomic E-state index is 0.141. The second-order valence-corrected chi connectivity index (χ2v) is 9.16. The Kier molecular flexibility index (Phi) is 6.23. The number of hydrogen-bond acceptors (Lipinski definition) is 5. The molecule has 1 aromatic heterocycles. The molecule has 0 radical (unpaired) electrons. The van der Waals surface area contributed by atoms with Crippen molar-refractivity contribution in [2.45, 2.75) is 19.9 Å². The number of anilines is 1. The van der Waals surface area contributed by atoms with E-state index in [1.54, 1.807) is 12.1 Å². The van der Waals surface area contributed by atoms with Gasteiger partial charge in [0.15, 0.2) is 5.82 Å². The molecule has 0 bridgehead atoms. The van der Waals surface area contributed by atoms with Crippen molar-refractivity contribution in [3.05, 3.63) is 83.9 Å². The average Bonchev–Trinajstić information content (AvgIpc) is 3.32. The van der Waals surface area contributed by atoms with E-state index in [4.69, 9.17) is 9.97 Å². The molecule has 3 aromatic carbocycles. The second-order valence-electron chi connectivity index (χ2n) is 9.16. The summed E-state index contributed by atoms with van der Waals surface area (Å²) in [6.07, 6.45) is -0.0286. The SMILES string of the molecule is Cc1ccc2c(N3CC[C@@H](CN(Cc4ccccc4)C(=O)O)C3)nc(-c3ccccc3O)nc2c1. The molecule has 0 saturated carbocycles. The fourth-order valence-corrected chi connectivity index (χ4v) is 4.75. The number of hydrogen-bond donors (Lipinski definition) is 2. The van der Waals surface area contributed by atoms with Crippen LogP contribution in [0.1, 0.15) is 17.5 Å². The number of carbonyl (C=O) groups is 1. The number of benzene rings is 3. The summed E-state index contributed by atoms with van der Waals surface area (Å²) in [5.74, 6) is 1.64. The van der Waals surface area contributed by atoms with Crippen molar-refractivity contribution in [1.29, 1.82) is 0 Å². The Labute approximate surface area is 204 Å². The maximum absolute atomic E-state index is 12.0. The fraction of sp³-hybridized carbons (Fsp3) is 0.250. The highest BCUT2D eigenvalue weighted by Crippen LogP contribution is 2.34. The summed E-state index contributed by atoms with van der Waals surface area (Å²) in [5, 5.41) is 21.2. The van der Waals surface area contributed by atoms with Crippen molar-refractivity contribution >= 4 is 22.8 Å². The number of aromatic nitrogens is 2. The number of fused-ring (bicyclic) bond motifs is 1. The van der Waals surface area contributed by atoms with Crippen molar-refractivity contribution in [3.63, 3.8) is 0 Å². The maximum Gasteiger partial charge on any atom is 0.407 e. The zero-order chi connectivity index (χ0) is 24.4. The highest BCUT2D eigenvalue weighted by atomic mass is 16.4. The van der Waals surface area contributed by atoms with Crippen LogP contribution < -0.4 is 4.90 Å². The quantitative estimate of drug-likeness (QED) is 0.398. The highest BCUT2D eigenvalue weighted by Gasteiger charge is 2.29. The van der Waals surface area contributed by atoms with Crippen LogP contribution in [0.5, 0.6) is 5.75 Å². The summed E-state index contributed by atoms with van der Waals surface area (Å²) in [6, 6.07) is 22.9. The van der Waals surface area contributed by atoms with Gasteiger partial charge in [-0.2, -0.15) is 0 Å². The summed E-state index contributed by atoms with van der Waals surface area (Å²) in [5.41, 5.74) is 3.50. The van der Waals surface area contributed by atoms with Crippen LogP contribution in [0.4, 0.5) is 10.6 Å². The number of phenols is 1. The second kappa shape index (κ2) is 9.62. The van der Waals surface area contributed by atoms with Crippen molar-refractivity contribution in [2.75, 3.05) is 24.5 Å².